The van der Waals surface area contributed by atoms with Gasteiger partial charge in [-0.2, -0.15) is 0 Å². The topological polar surface area (TPSA) is 83.6 Å². The summed E-state index contributed by atoms with van der Waals surface area (Å²) in [7, 11) is 0. The third kappa shape index (κ3) is 3.50. The van der Waals surface area contributed by atoms with Crippen LogP contribution in [-0.2, 0) is 11.2 Å². The molecule has 0 radical (unpaired) electrons. The Bertz CT molecular complexity index is 827. The quantitative estimate of drug-likeness (QED) is 0.704. The Morgan fingerprint density at radius 3 is 3.00 bits per heavy atom. The maximum absolute atomic E-state index is 12.4. The summed E-state index contributed by atoms with van der Waals surface area (Å²) >= 11 is 1.33. The van der Waals surface area contributed by atoms with Crippen LogP contribution in [0.25, 0.3) is 10.9 Å². The van der Waals surface area contributed by atoms with Crippen molar-refractivity contribution in [2.24, 2.45) is 0 Å². The van der Waals surface area contributed by atoms with Gasteiger partial charge >= 0.3 is 0 Å². The first-order valence-electron chi connectivity index (χ1n) is 7.40. The molecule has 118 valence electrons. The fraction of sp³-hybridized carbons (Fsp3) is 0.250. The molecule has 23 heavy (non-hydrogen) atoms. The molecule has 0 unspecified atom stereocenters. The zero-order valence-electron chi connectivity index (χ0n) is 12.9. The number of aromatic nitrogens is 4. The van der Waals surface area contributed by atoms with E-state index >= 15 is 0 Å². The molecule has 1 aromatic carbocycles. The van der Waals surface area contributed by atoms with Crippen LogP contribution in [0.15, 0.2) is 41.7 Å². The lowest BCUT2D eigenvalue weighted by atomic mass is 10.2. The van der Waals surface area contributed by atoms with Crippen molar-refractivity contribution in [3.63, 3.8) is 0 Å². The standard InChI is InChI=1S/C16H17N5OS/c1-3-14-19-16(21-20-14)23-10(2)15(22)18-13-8-4-7-12-11(13)6-5-9-17-12/h4-10H,3H2,1-2H3,(H,18,22)(H,19,20,21)/t10-/m0/s1. The smallest absolute Gasteiger partial charge is 0.237 e. The zero-order valence-corrected chi connectivity index (χ0v) is 13.7. The highest BCUT2D eigenvalue weighted by Crippen LogP contribution is 2.24. The molecule has 0 aliphatic rings. The Balaban J connectivity index is 1.72. The molecule has 2 aromatic heterocycles. The SMILES string of the molecule is CCc1nc(S[C@@H](C)C(=O)Nc2cccc3ncccc23)n[nH]1. The molecule has 0 saturated carbocycles. The fourth-order valence-corrected chi connectivity index (χ4v) is 2.89. The van der Waals surface area contributed by atoms with Crippen molar-refractivity contribution in [3.05, 3.63) is 42.4 Å². The van der Waals surface area contributed by atoms with E-state index < -0.39 is 0 Å². The van der Waals surface area contributed by atoms with Crippen LogP contribution in [0.3, 0.4) is 0 Å². The minimum atomic E-state index is -0.303. The zero-order chi connectivity index (χ0) is 16.2. The van der Waals surface area contributed by atoms with E-state index in [2.05, 4.69) is 25.5 Å². The molecule has 7 heteroatoms. The number of thioether (sulfide) groups is 1. The van der Waals surface area contributed by atoms with Crippen LogP contribution in [0.1, 0.15) is 19.7 Å². The Kier molecular flexibility index (Phi) is 4.57. The first-order valence-corrected chi connectivity index (χ1v) is 8.28. The second kappa shape index (κ2) is 6.78. The number of nitrogens with one attached hydrogen (secondary N) is 2. The fourth-order valence-electron chi connectivity index (χ4n) is 2.15. The molecule has 0 aliphatic carbocycles. The summed E-state index contributed by atoms with van der Waals surface area (Å²) in [6.07, 6.45) is 2.53. The number of carbonyl (C=O) groups excluding carboxylic acids is 1. The van der Waals surface area contributed by atoms with Gasteiger partial charge in [0.05, 0.1) is 16.5 Å². The van der Waals surface area contributed by atoms with Crippen molar-refractivity contribution in [3.8, 4) is 0 Å². The van der Waals surface area contributed by atoms with E-state index in [1.54, 1.807) is 6.20 Å². The highest BCUT2D eigenvalue weighted by molar-refractivity contribution is 8.00. The van der Waals surface area contributed by atoms with Crippen LogP contribution >= 0.6 is 11.8 Å². The number of nitrogens with zero attached hydrogens (tertiary/aromatic N) is 3. The Morgan fingerprint density at radius 1 is 1.35 bits per heavy atom. The van der Waals surface area contributed by atoms with Crippen molar-refractivity contribution in [1.82, 2.24) is 20.2 Å². The van der Waals surface area contributed by atoms with Crippen molar-refractivity contribution >= 4 is 34.3 Å². The van der Waals surface area contributed by atoms with Gasteiger partial charge in [0.15, 0.2) is 0 Å². The number of hydrogen-bond acceptors (Lipinski definition) is 5. The molecule has 0 bridgehead atoms. The molecule has 3 aromatic rings. The number of fused-ring (bicyclic) bond motifs is 1. The number of carbonyl (C=O) groups is 1. The number of aromatic amines is 1. The molecule has 0 spiro atoms. The van der Waals surface area contributed by atoms with Gasteiger partial charge < -0.3 is 5.32 Å². The minimum absolute atomic E-state index is 0.0887. The van der Waals surface area contributed by atoms with Crippen LogP contribution < -0.4 is 5.32 Å². The van der Waals surface area contributed by atoms with Gasteiger partial charge in [0, 0.05) is 18.0 Å². The van der Waals surface area contributed by atoms with Crippen LogP contribution in [0, 0.1) is 0 Å². The summed E-state index contributed by atoms with van der Waals surface area (Å²) < 4.78 is 0. The summed E-state index contributed by atoms with van der Waals surface area (Å²) in [5.74, 6) is 0.731. The van der Waals surface area contributed by atoms with Gasteiger partial charge in [0.1, 0.15) is 5.82 Å². The van der Waals surface area contributed by atoms with E-state index in [4.69, 9.17) is 0 Å². The van der Waals surface area contributed by atoms with Gasteiger partial charge in [-0.25, -0.2) is 4.98 Å². The molecule has 0 fully saturated rings. The Labute approximate surface area is 138 Å². The predicted octanol–water partition coefficient (Wildman–Crippen LogP) is 3.03. The average molecular weight is 327 g/mol. The third-order valence-corrected chi connectivity index (χ3v) is 4.36. The lowest BCUT2D eigenvalue weighted by Crippen LogP contribution is -2.22. The average Bonchev–Trinajstić information content (AvgIpc) is 3.02. The summed E-state index contributed by atoms with van der Waals surface area (Å²) in [5.41, 5.74) is 1.62. The number of amides is 1. The summed E-state index contributed by atoms with van der Waals surface area (Å²) in [4.78, 5) is 21.0. The van der Waals surface area contributed by atoms with E-state index in [1.165, 1.54) is 11.8 Å². The highest BCUT2D eigenvalue weighted by atomic mass is 32.2. The first kappa shape index (κ1) is 15.5. The van der Waals surface area contributed by atoms with E-state index in [0.717, 1.165) is 28.8 Å². The van der Waals surface area contributed by atoms with E-state index in [-0.39, 0.29) is 11.2 Å². The molecule has 3 rings (SSSR count). The predicted molar refractivity (Wildman–Crippen MR) is 91.5 cm³/mol. The maximum Gasteiger partial charge on any atom is 0.237 e. The molecule has 0 aliphatic heterocycles. The largest absolute Gasteiger partial charge is 0.324 e. The third-order valence-electron chi connectivity index (χ3n) is 3.40. The maximum atomic E-state index is 12.4. The Morgan fingerprint density at radius 2 is 2.22 bits per heavy atom. The molecular weight excluding hydrogens is 310 g/mol. The second-order valence-corrected chi connectivity index (χ2v) is 6.35. The normalized spacial score (nSPS) is 12.3. The van der Waals surface area contributed by atoms with Gasteiger partial charge in [0.25, 0.3) is 0 Å². The highest BCUT2D eigenvalue weighted by Gasteiger charge is 2.18. The second-order valence-electron chi connectivity index (χ2n) is 5.04. The van der Waals surface area contributed by atoms with Gasteiger partial charge in [-0.15, -0.1) is 5.10 Å². The lowest BCUT2D eigenvalue weighted by molar-refractivity contribution is -0.115. The Hall–Kier alpha value is -2.41. The number of anilines is 1. The van der Waals surface area contributed by atoms with Crippen LogP contribution in [-0.4, -0.2) is 31.3 Å². The molecule has 6 nitrogen and oxygen atoms in total. The number of rotatable bonds is 5. The summed E-state index contributed by atoms with van der Waals surface area (Å²) in [5, 5.41) is 11.1. The molecule has 0 saturated heterocycles. The van der Waals surface area contributed by atoms with Gasteiger partial charge in [0.2, 0.25) is 11.1 Å². The monoisotopic (exact) mass is 327 g/mol. The molecular formula is C16H17N5OS. The minimum Gasteiger partial charge on any atom is -0.324 e. The van der Waals surface area contributed by atoms with E-state index in [9.17, 15) is 4.79 Å². The number of H-pyrrole nitrogens is 1. The van der Waals surface area contributed by atoms with Crippen LogP contribution in [0.2, 0.25) is 0 Å². The summed E-state index contributed by atoms with van der Waals surface area (Å²) in [6.45, 7) is 3.84. The number of aryl methyl sites for hydroxylation is 1. The number of benzene rings is 1. The molecule has 2 N–H and O–H groups in total. The first-order chi connectivity index (χ1) is 11.2. The van der Waals surface area contributed by atoms with Crippen LogP contribution in [0.4, 0.5) is 5.69 Å². The number of pyridine rings is 1. The molecule has 2 heterocycles. The van der Waals surface area contributed by atoms with Gasteiger partial charge in [-0.3, -0.25) is 14.9 Å². The van der Waals surface area contributed by atoms with Gasteiger partial charge in [-0.1, -0.05) is 24.8 Å². The van der Waals surface area contributed by atoms with Crippen LogP contribution in [0.5, 0.6) is 0 Å². The number of hydrogen-bond donors (Lipinski definition) is 2. The van der Waals surface area contributed by atoms with Gasteiger partial charge in [-0.05, 0) is 31.2 Å². The van der Waals surface area contributed by atoms with Crippen molar-refractivity contribution in [2.75, 3.05) is 5.32 Å². The molecule has 1 atom stereocenters. The van der Waals surface area contributed by atoms with Crippen molar-refractivity contribution < 1.29 is 4.79 Å². The lowest BCUT2D eigenvalue weighted by Gasteiger charge is -2.11. The summed E-state index contributed by atoms with van der Waals surface area (Å²) in [6, 6.07) is 9.48. The molecule has 1 amide bonds. The van der Waals surface area contributed by atoms with Crippen molar-refractivity contribution in [1.29, 1.82) is 0 Å². The van der Waals surface area contributed by atoms with E-state index in [1.807, 2.05) is 44.2 Å². The van der Waals surface area contributed by atoms with Crippen molar-refractivity contribution in [2.45, 2.75) is 30.7 Å². The van der Waals surface area contributed by atoms with E-state index in [0.29, 0.717) is 5.16 Å².